The Morgan fingerprint density at radius 3 is 2.29 bits per heavy atom. The van der Waals surface area contributed by atoms with Crippen LogP contribution in [0.3, 0.4) is 0 Å². The van der Waals surface area contributed by atoms with Crippen molar-refractivity contribution in [1.29, 1.82) is 0 Å². The molecule has 0 N–H and O–H groups in total. The predicted octanol–water partition coefficient (Wildman–Crippen LogP) is 3.60. The second-order valence-corrected chi connectivity index (χ2v) is 4.01. The van der Waals surface area contributed by atoms with E-state index in [1.54, 1.807) is 7.11 Å². The summed E-state index contributed by atoms with van der Waals surface area (Å²) in [5.74, 6) is 1.71. The maximum Gasteiger partial charge on any atom is 0.153 e. The van der Waals surface area contributed by atoms with E-state index in [4.69, 9.17) is 9.47 Å². The average Bonchev–Trinajstić information content (AvgIpc) is 2.19. The van der Waals surface area contributed by atoms with Crippen LogP contribution in [0.5, 0.6) is 11.5 Å². The first-order valence-electron chi connectivity index (χ1n) is 4.71. The fourth-order valence-corrected chi connectivity index (χ4v) is 1.76. The van der Waals surface area contributed by atoms with Gasteiger partial charge in [-0.2, -0.15) is 0 Å². The van der Waals surface area contributed by atoms with Gasteiger partial charge in [0, 0.05) is 0 Å². The standard InChI is InChI=1S/C11H15BrO2/c1-3-4-11(12)14-10-7-5-9(13-2)6-8-10/h5-8,11H,3-4H2,1-2H3. The molecule has 1 aromatic rings. The molecule has 1 atom stereocenters. The molecule has 2 nitrogen and oxygen atoms in total. The lowest BCUT2D eigenvalue weighted by molar-refractivity contribution is 0.282. The highest BCUT2D eigenvalue weighted by Gasteiger charge is 2.03. The number of methoxy groups -OCH3 is 1. The molecule has 1 rings (SSSR count). The molecule has 1 unspecified atom stereocenters. The molecule has 0 bridgehead atoms. The third-order valence-electron chi connectivity index (χ3n) is 1.84. The summed E-state index contributed by atoms with van der Waals surface area (Å²) in [5, 5.41) is 0.0981. The fourth-order valence-electron chi connectivity index (χ4n) is 1.09. The molecule has 0 saturated carbocycles. The Balaban J connectivity index is 2.50. The van der Waals surface area contributed by atoms with Gasteiger partial charge < -0.3 is 9.47 Å². The second-order valence-electron chi connectivity index (χ2n) is 2.99. The van der Waals surface area contributed by atoms with Crippen LogP contribution in [-0.2, 0) is 0 Å². The largest absolute Gasteiger partial charge is 0.497 e. The number of hydrogen-bond donors (Lipinski definition) is 0. The van der Waals surface area contributed by atoms with Gasteiger partial charge in [0.15, 0.2) is 5.01 Å². The second kappa shape index (κ2) is 5.91. The Morgan fingerprint density at radius 2 is 1.79 bits per heavy atom. The van der Waals surface area contributed by atoms with E-state index in [-0.39, 0.29) is 5.01 Å². The van der Waals surface area contributed by atoms with E-state index in [0.717, 1.165) is 24.3 Å². The van der Waals surface area contributed by atoms with Gasteiger partial charge in [0.1, 0.15) is 11.5 Å². The maximum absolute atomic E-state index is 5.62. The van der Waals surface area contributed by atoms with Crippen LogP contribution < -0.4 is 9.47 Å². The third-order valence-corrected chi connectivity index (χ3v) is 2.48. The molecule has 0 amide bonds. The van der Waals surface area contributed by atoms with E-state index in [1.807, 2.05) is 24.3 Å². The zero-order valence-electron chi connectivity index (χ0n) is 8.50. The van der Waals surface area contributed by atoms with E-state index in [0.29, 0.717) is 0 Å². The smallest absolute Gasteiger partial charge is 0.153 e. The van der Waals surface area contributed by atoms with Crippen molar-refractivity contribution in [2.24, 2.45) is 0 Å². The third kappa shape index (κ3) is 3.58. The van der Waals surface area contributed by atoms with Crippen LogP contribution in [0.25, 0.3) is 0 Å². The van der Waals surface area contributed by atoms with Crippen LogP contribution in [0.4, 0.5) is 0 Å². The first kappa shape index (κ1) is 11.4. The van der Waals surface area contributed by atoms with Crippen LogP contribution in [0, 0.1) is 0 Å². The summed E-state index contributed by atoms with van der Waals surface area (Å²) in [7, 11) is 1.65. The number of alkyl halides is 1. The van der Waals surface area contributed by atoms with Gasteiger partial charge in [-0.15, -0.1) is 0 Å². The van der Waals surface area contributed by atoms with Gasteiger partial charge in [0.05, 0.1) is 7.11 Å². The van der Waals surface area contributed by atoms with Crippen LogP contribution in [0.1, 0.15) is 19.8 Å². The van der Waals surface area contributed by atoms with E-state index in [2.05, 4.69) is 22.9 Å². The van der Waals surface area contributed by atoms with Gasteiger partial charge in [-0.25, -0.2) is 0 Å². The minimum Gasteiger partial charge on any atom is -0.497 e. The quantitative estimate of drug-likeness (QED) is 0.752. The van der Waals surface area contributed by atoms with Gasteiger partial charge >= 0.3 is 0 Å². The van der Waals surface area contributed by atoms with Crippen molar-refractivity contribution in [2.75, 3.05) is 7.11 Å². The average molecular weight is 259 g/mol. The van der Waals surface area contributed by atoms with E-state index < -0.39 is 0 Å². The first-order valence-corrected chi connectivity index (χ1v) is 5.62. The number of rotatable bonds is 5. The summed E-state index contributed by atoms with van der Waals surface area (Å²) in [5.41, 5.74) is 0. The molecule has 0 aliphatic rings. The van der Waals surface area contributed by atoms with Gasteiger partial charge in [-0.05, 0) is 46.6 Å². The SMILES string of the molecule is CCCC(Br)Oc1ccc(OC)cc1. The molecule has 0 heterocycles. The molecule has 1 aromatic carbocycles. The van der Waals surface area contributed by atoms with Crippen molar-refractivity contribution >= 4 is 15.9 Å². The molecule has 3 heteroatoms. The van der Waals surface area contributed by atoms with Crippen LogP contribution in [0.2, 0.25) is 0 Å². The van der Waals surface area contributed by atoms with E-state index >= 15 is 0 Å². The summed E-state index contributed by atoms with van der Waals surface area (Å²) in [6.45, 7) is 2.13. The minimum atomic E-state index is 0.0981. The van der Waals surface area contributed by atoms with Crippen molar-refractivity contribution in [3.8, 4) is 11.5 Å². The normalized spacial score (nSPS) is 12.2. The maximum atomic E-state index is 5.62. The van der Waals surface area contributed by atoms with E-state index in [9.17, 15) is 0 Å². The Labute approximate surface area is 93.4 Å². The van der Waals surface area contributed by atoms with Crippen LogP contribution in [-0.4, -0.2) is 12.1 Å². The molecule has 0 spiro atoms. The van der Waals surface area contributed by atoms with Crippen molar-refractivity contribution < 1.29 is 9.47 Å². The monoisotopic (exact) mass is 258 g/mol. The molecule has 14 heavy (non-hydrogen) atoms. The van der Waals surface area contributed by atoms with Gasteiger partial charge in [0.2, 0.25) is 0 Å². The molecule has 0 fully saturated rings. The Morgan fingerprint density at radius 1 is 1.21 bits per heavy atom. The highest BCUT2D eigenvalue weighted by Crippen LogP contribution is 2.20. The Kier molecular flexibility index (Phi) is 4.80. The first-order chi connectivity index (χ1) is 6.76. The lowest BCUT2D eigenvalue weighted by Gasteiger charge is -2.12. The van der Waals surface area contributed by atoms with E-state index in [1.165, 1.54) is 0 Å². The summed E-state index contributed by atoms with van der Waals surface area (Å²) < 4.78 is 10.7. The molecule has 0 saturated heterocycles. The number of hydrogen-bond acceptors (Lipinski definition) is 2. The zero-order valence-corrected chi connectivity index (χ0v) is 10.1. The zero-order chi connectivity index (χ0) is 10.4. The lowest BCUT2D eigenvalue weighted by atomic mass is 10.3. The van der Waals surface area contributed by atoms with Crippen molar-refractivity contribution in [2.45, 2.75) is 24.8 Å². The van der Waals surface area contributed by atoms with Crippen molar-refractivity contribution in [3.05, 3.63) is 24.3 Å². The van der Waals surface area contributed by atoms with Crippen molar-refractivity contribution in [3.63, 3.8) is 0 Å². The summed E-state index contributed by atoms with van der Waals surface area (Å²) in [6, 6.07) is 7.59. The molecular formula is C11H15BrO2. The topological polar surface area (TPSA) is 18.5 Å². The lowest BCUT2D eigenvalue weighted by Crippen LogP contribution is -2.06. The molecule has 0 aromatic heterocycles. The van der Waals surface area contributed by atoms with Crippen LogP contribution >= 0.6 is 15.9 Å². The minimum absolute atomic E-state index is 0.0981. The predicted molar refractivity (Wildman–Crippen MR) is 61.2 cm³/mol. The molecule has 0 aliphatic heterocycles. The molecular weight excluding hydrogens is 244 g/mol. The van der Waals surface area contributed by atoms with Crippen molar-refractivity contribution in [1.82, 2.24) is 0 Å². The molecule has 0 aliphatic carbocycles. The highest BCUT2D eigenvalue weighted by atomic mass is 79.9. The highest BCUT2D eigenvalue weighted by molar-refractivity contribution is 9.09. The van der Waals surface area contributed by atoms with Gasteiger partial charge in [0.25, 0.3) is 0 Å². The summed E-state index contributed by atoms with van der Waals surface area (Å²) >= 11 is 3.46. The Bertz CT molecular complexity index is 258. The summed E-state index contributed by atoms with van der Waals surface area (Å²) in [6.07, 6.45) is 2.11. The number of benzene rings is 1. The number of halogens is 1. The van der Waals surface area contributed by atoms with Gasteiger partial charge in [-0.3, -0.25) is 0 Å². The van der Waals surface area contributed by atoms with Gasteiger partial charge in [-0.1, -0.05) is 13.3 Å². The molecule has 78 valence electrons. The Hall–Kier alpha value is -0.700. The molecule has 0 radical (unpaired) electrons. The number of ether oxygens (including phenoxy) is 2. The summed E-state index contributed by atoms with van der Waals surface area (Å²) in [4.78, 5) is 0. The van der Waals surface area contributed by atoms with Crippen LogP contribution in [0.15, 0.2) is 24.3 Å². The fraction of sp³-hybridized carbons (Fsp3) is 0.455.